The minimum atomic E-state index is 0.000191. The van der Waals surface area contributed by atoms with Gasteiger partial charge in [0.2, 0.25) is 0 Å². The Morgan fingerprint density at radius 2 is 2.27 bits per heavy atom. The van der Waals surface area contributed by atoms with Gasteiger partial charge in [-0.3, -0.25) is 4.68 Å². The second-order valence-electron chi connectivity index (χ2n) is 4.01. The lowest BCUT2D eigenvalue weighted by molar-refractivity contribution is 0.269. The Hall–Kier alpha value is -0.520. The van der Waals surface area contributed by atoms with Gasteiger partial charge >= 0.3 is 0 Å². The molecule has 1 heterocycles. The van der Waals surface area contributed by atoms with Gasteiger partial charge in [0.25, 0.3) is 0 Å². The Morgan fingerprint density at radius 3 is 2.67 bits per heavy atom. The van der Waals surface area contributed by atoms with Gasteiger partial charge in [-0.05, 0) is 5.92 Å². The van der Waals surface area contributed by atoms with E-state index in [0.717, 1.165) is 4.90 Å². The van der Waals surface area contributed by atoms with E-state index in [1.54, 1.807) is 22.6 Å². The number of nitrogens with zero attached hydrogens (tertiary/aromatic N) is 2. The fraction of sp³-hybridized carbons (Fsp3) is 0.700. The molecule has 0 saturated heterocycles. The molecule has 1 aromatic rings. The second kappa shape index (κ2) is 5.53. The lowest BCUT2D eigenvalue weighted by atomic mass is 10.0. The molecule has 0 fully saturated rings. The van der Waals surface area contributed by atoms with Crippen molar-refractivity contribution in [3.05, 3.63) is 12.4 Å². The fourth-order valence-corrected chi connectivity index (χ4v) is 2.52. The largest absolute Gasteiger partial charge is 0.395 e. The summed E-state index contributed by atoms with van der Waals surface area (Å²) < 4.78 is 1.75. The molecule has 3 N–H and O–H groups in total. The van der Waals surface area contributed by atoms with E-state index in [4.69, 9.17) is 5.73 Å². The Morgan fingerprint density at radius 1 is 1.60 bits per heavy atom. The summed E-state index contributed by atoms with van der Waals surface area (Å²) in [6.07, 6.45) is 3.72. The van der Waals surface area contributed by atoms with Crippen molar-refractivity contribution in [1.29, 1.82) is 0 Å². The van der Waals surface area contributed by atoms with Crippen molar-refractivity contribution in [1.82, 2.24) is 9.78 Å². The van der Waals surface area contributed by atoms with Gasteiger partial charge in [0.05, 0.1) is 12.8 Å². The van der Waals surface area contributed by atoms with Gasteiger partial charge in [-0.25, -0.2) is 0 Å². The summed E-state index contributed by atoms with van der Waals surface area (Å²) in [6, 6.07) is 0.000191. The summed E-state index contributed by atoms with van der Waals surface area (Å²) in [6.45, 7) is 4.23. The highest BCUT2D eigenvalue weighted by Crippen LogP contribution is 2.26. The number of hydrogen-bond acceptors (Lipinski definition) is 4. The summed E-state index contributed by atoms with van der Waals surface area (Å²) in [5, 5.41) is 13.4. The Bertz CT molecular complexity index is 301. The molecule has 0 amide bonds. The molecule has 0 aliphatic carbocycles. The van der Waals surface area contributed by atoms with Gasteiger partial charge in [-0.15, -0.1) is 11.8 Å². The first-order valence-corrected chi connectivity index (χ1v) is 5.94. The van der Waals surface area contributed by atoms with Gasteiger partial charge in [0.15, 0.2) is 0 Å². The van der Waals surface area contributed by atoms with Crippen molar-refractivity contribution < 1.29 is 5.11 Å². The van der Waals surface area contributed by atoms with Crippen LogP contribution < -0.4 is 5.73 Å². The predicted molar refractivity (Wildman–Crippen MR) is 62.8 cm³/mol. The highest BCUT2D eigenvalue weighted by molar-refractivity contribution is 8.00. The number of rotatable bonds is 5. The van der Waals surface area contributed by atoms with E-state index in [-0.39, 0.29) is 17.9 Å². The topological polar surface area (TPSA) is 64.1 Å². The van der Waals surface area contributed by atoms with Gasteiger partial charge in [0, 0.05) is 29.4 Å². The van der Waals surface area contributed by atoms with Crippen LogP contribution in [-0.4, -0.2) is 32.8 Å². The summed E-state index contributed by atoms with van der Waals surface area (Å²) in [5.41, 5.74) is 6.02. The maximum atomic E-state index is 9.29. The van der Waals surface area contributed by atoms with Gasteiger partial charge in [-0.1, -0.05) is 13.8 Å². The minimum absolute atomic E-state index is 0.000191. The number of aryl methyl sites for hydroxylation is 1. The van der Waals surface area contributed by atoms with Gasteiger partial charge < -0.3 is 10.8 Å². The number of nitrogens with two attached hydrogens (primary N) is 1. The van der Waals surface area contributed by atoms with Crippen LogP contribution in [0.1, 0.15) is 13.8 Å². The Kier molecular flexibility index (Phi) is 4.63. The van der Waals surface area contributed by atoms with E-state index in [0.29, 0.717) is 5.92 Å². The standard InChI is InChI=1S/C10H19N3OS/c1-7(2)10(11)9(6-14)15-8-4-12-13(3)5-8/h4-5,7,9-10,14H,6,11H2,1-3H3. The molecular weight excluding hydrogens is 210 g/mol. The predicted octanol–water partition coefficient (Wildman–Crippen LogP) is 0.856. The van der Waals surface area contributed by atoms with Crippen molar-refractivity contribution in [2.24, 2.45) is 18.7 Å². The summed E-state index contributed by atoms with van der Waals surface area (Å²) in [4.78, 5) is 1.05. The second-order valence-corrected chi connectivity index (χ2v) is 5.32. The third-order valence-electron chi connectivity index (χ3n) is 2.35. The number of aliphatic hydroxyl groups is 1. The molecule has 2 atom stereocenters. The number of aromatic nitrogens is 2. The molecule has 1 rings (SSSR count). The molecule has 0 radical (unpaired) electrons. The summed E-state index contributed by atoms with van der Waals surface area (Å²) >= 11 is 1.59. The van der Waals surface area contributed by atoms with Crippen molar-refractivity contribution >= 4 is 11.8 Å². The molecule has 0 aliphatic rings. The normalized spacial score (nSPS) is 15.6. The van der Waals surface area contributed by atoms with Crippen LogP contribution >= 0.6 is 11.8 Å². The molecule has 86 valence electrons. The third-order valence-corrected chi connectivity index (χ3v) is 3.60. The molecule has 0 aliphatic heterocycles. The number of hydrogen-bond donors (Lipinski definition) is 2. The molecule has 15 heavy (non-hydrogen) atoms. The third kappa shape index (κ3) is 3.52. The fourth-order valence-electron chi connectivity index (χ4n) is 1.30. The van der Waals surface area contributed by atoms with Crippen LogP contribution in [-0.2, 0) is 7.05 Å². The first kappa shape index (κ1) is 12.5. The Labute approximate surface area is 94.9 Å². The van der Waals surface area contributed by atoms with Crippen LogP contribution in [0.3, 0.4) is 0 Å². The maximum absolute atomic E-state index is 9.29. The van der Waals surface area contributed by atoms with E-state index >= 15 is 0 Å². The summed E-state index contributed by atoms with van der Waals surface area (Å²) in [5.74, 6) is 0.367. The molecule has 0 spiro atoms. The van der Waals surface area contributed by atoms with Crippen LogP contribution in [0.5, 0.6) is 0 Å². The monoisotopic (exact) mass is 229 g/mol. The highest BCUT2D eigenvalue weighted by atomic mass is 32.2. The molecule has 5 heteroatoms. The van der Waals surface area contributed by atoms with E-state index < -0.39 is 0 Å². The molecular formula is C10H19N3OS. The average Bonchev–Trinajstić information content (AvgIpc) is 2.59. The average molecular weight is 229 g/mol. The Balaban J connectivity index is 2.61. The zero-order valence-corrected chi connectivity index (χ0v) is 10.2. The molecule has 0 bridgehead atoms. The number of thioether (sulfide) groups is 1. The SMILES string of the molecule is CC(C)C(N)C(CO)Sc1cnn(C)c1. The highest BCUT2D eigenvalue weighted by Gasteiger charge is 2.21. The molecule has 1 aromatic heterocycles. The van der Waals surface area contributed by atoms with E-state index in [1.807, 2.05) is 13.2 Å². The van der Waals surface area contributed by atoms with E-state index in [9.17, 15) is 5.11 Å². The van der Waals surface area contributed by atoms with Crippen molar-refractivity contribution in [2.75, 3.05) is 6.61 Å². The summed E-state index contributed by atoms with van der Waals surface area (Å²) in [7, 11) is 1.88. The van der Waals surface area contributed by atoms with Crippen molar-refractivity contribution in [3.63, 3.8) is 0 Å². The van der Waals surface area contributed by atoms with Crippen LogP contribution in [0, 0.1) is 5.92 Å². The quantitative estimate of drug-likeness (QED) is 0.735. The smallest absolute Gasteiger partial charge is 0.0625 e. The first-order valence-electron chi connectivity index (χ1n) is 5.06. The van der Waals surface area contributed by atoms with E-state index in [2.05, 4.69) is 18.9 Å². The van der Waals surface area contributed by atoms with Gasteiger partial charge in [0.1, 0.15) is 0 Å². The van der Waals surface area contributed by atoms with Crippen LogP contribution in [0.4, 0.5) is 0 Å². The zero-order chi connectivity index (χ0) is 11.4. The van der Waals surface area contributed by atoms with Crippen LogP contribution in [0.2, 0.25) is 0 Å². The van der Waals surface area contributed by atoms with Crippen molar-refractivity contribution in [3.8, 4) is 0 Å². The number of aliphatic hydroxyl groups excluding tert-OH is 1. The van der Waals surface area contributed by atoms with E-state index in [1.165, 1.54) is 0 Å². The molecule has 0 saturated carbocycles. The van der Waals surface area contributed by atoms with Crippen molar-refractivity contribution in [2.45, 2.75) is 30.0 Å². The van der Waals surface area contributed by atoms with Crippen LogP contribution in [0.25, 0.3) is 0 Å². The first-order chi connectivity index (χ1) is 7.04. The maximum Gasteiger partial charge on any atom is 0.0625 e. The molecule has 0 aromatic carbocycles. The van der Waals surface area contributed by atoms with Crippen LogP contribution in [0.15, 0.2) is 17.3 Å². The molecule has 4 nitrogen and oxygen atoms in total. The zero-order valence-electron chi connectivity index (χ0n) is 9.42. The lowest BCUT2D eigenvalue weighted by Crippen LogP contribution is -2.39. The lowest BCUT2D eigenvalue weighted by Gasteiger charge is -2.23. The van der Waals surface area contributed by atoms with Gasteiger partial charge in [-0.2, -0.15) is 5.10 Å². The minimum Gasteiger partial charge on any atom is -0.395 e. The molecule has 2 unspecified atom stereocenters.